The number of hydrogen-bond acceptors (Lipinski definition) is 1. The molecule has 0 amide bonds. The minimum Gasteiger partial charge on any atom is -0.457 e. The fourth-order valence-corrected chi connectivity index (χ4v) is 9.86. The molecule has 8 aromatic carbocycles. The van der Waals surface area contributed by atoms with E-state index in [0.717, 1.165) is 11.2 Å². The van der Waals surface area contributed by atoms with Gasteiger partial charge in [0.25, 0.3) is 0 Å². The number of fused-ring (bicyclic) bond motifs is 3. The van der Waals surface area contributed by atoms with Gasteiger partial charge in [0.2, 0.25) is 0 Å². The predicted octanol–water partition coefficient (Wildman–Crippen LogP) is -5.57. The molecule has 0 aliphatic heterocycles. The van der Waals surface area contributed by atoms with Gasteiger partial charge in [0.15, 0.2) is 0 Å². The van der Waals surface area contributed by atoms with Crippen LogP contribution in [0.3, 0.4) is 0 Å². The van der Waals surface area contributed by atoms with E-state index in [-0.39, 0.29) is 0 Å². The van der Waals surface area contributed by atoms with Gasteiger partial charge in [-0.05, 0) is 91.0 Å². The van der Waals surface area contributed by atoms with E-state index in [1.807, 2.05) is 0 Å². The van der Waals surface area contributed by atoms with Gasteiger partial charge in [0, 0.05) is 10.8 Å². The van der Waals surface area contributed by atoms with Crippen LogP contribution in [0, 0.1) is 0 Å². The van der Waals surface area contributed by atoms with Gasteiger partial charge in [-0.15, -0.1) is 16.4 Å². The second kappa shape index (κ2) is 15.4. The Morgan fingerprint density at radius 2 is 0.567 bits per heavy atom. The molecule has 1 aromatic heterocycles. The molecule has 0 spiro atoms. The predicted molar refractivity (Wildman–Crippen MR) is 296 cm³/mol. The Labute approximate surface area is 365 Å². The Morgan fingerprint density at radius 3 is 1.15 bits per heavy atom. The van der Waals surface area contributed by atoms with Crippen molar-refractivity contribution >= 4 is 168 Å². The van der Waals surface area contributed by atoms with E-state index in [9.17, 15) is 0 Å². The van der Waals surface area contributed by atoms with Crippen LogP contribution in [0.15, 0.2) is 132 Å². The van der Waals surface area contributed by atoms with Crippen LogP contribution in [-0.2, 0) is 0 Å². The molecule has 274 valence electrons. The summed E-state index contributed by atoms with van der Waals surface area (Å²) in [6.07, 6.45) is 0. The molecular weight excluding hydrogens is 711 g/mol. The van der Waals surface area contributed by atoms with Gasteiger partial charge in [-0.1, -0.05) is 147 Å². The third kappa shape index (κ3) is 6.42. The summed E-state index contributed by atoms with van der Waals surface area (Å²) in [5.41, 5.74) is 31.2. The third-order valence-corrected chi connectivity index (χ3v) is 14.1. The van der Waals surface area contributed by atoms with Crippen LogP contribution in [0.5, 0.6) is 0 Å². The topological polar surface area (TPSA) is 13.1 Å². The molecule has 0 atom stereocenters. The first-order chi connectivity index (χ1) is 28.8. The molecule has 0 radical (unpaired) electrons. The van der Waals surface area contributed by atoms with E-state index < -0.39 is 0 Å². The van der Waals surface area contributed by atoms with Crippen molar-refractivity contribution in [1.29, 1.82) is 0 Å². The molecular formula is C48H43B11O. The lowest BCUT2D eigenvalue weighted by Crippen LogP contribution is -2.56. The molecule has 60 heavy (non-hydrogen) atoms. The average molecular weight is 755 g/mol. The van der Waals surface area contributed by atoms with Crippen LogP contribution in [0.1, 0.15) is 0 Å². The molecule has 0 fully saturated rings. The summed E-state index contributed by atoms with van der Waals surface area (Å²) in [7, 11) is 25.2. The zero-order chi connectivity index (χ0) is 42.1. The summed E-state index contributed by atoms with van der Waals surface area (Å²) in [5.74, 6) is 0. The molecule has 1 nitrogen and oxygen atoms in total. The van der Waals surface area contributed by atoms with Crippen LogP contribution in [0.2, 0.25) is 0 Å². The summed E-state index contributed by atoms with van der Waals surface area (Å²) in [6.45, 7) is 0. The molecule has 0 aliphatic rings. The van der Waals surface area contributed by atoms with Crippen molar-refractivity contribution in [2.75, 3.05) is 0 Å². The molecule has 0 saturated heterocycles. The largest absolute Gasteiger partial charge is 0.457 e. The van der Waals surface area contributed by atoms with Crippen LogP contribution in [0.25, 0.3) is 88.7 Å². The van der Waals surface area contributed by atoms with E-state index in [4.69, 9.17) is 4.42 Å². The normalized spacial score (nSPS) is 11.4. The zero-order valence-corrected chi connectivity index (χ0v) is 37.0. The van der Waals surface area contributed by atoms with Crippen molar-refractivity contribution in [1.82, 2.24) is 0 Å². The Kier molecular flexibility index (Phi) is 10.2. The lowest BCUT2D eigenvalue weighted by molar-refractivity contribution is 0.675. The minimum absolute atomic E-state index is 0.987. The van der Waals surface area contributed by atoms with E-state index >= 15 is 0 Å². The molecule has 9 aromatic rings. The SMILES string of the molecule is Bc1c(B)c(B)c(-c2c(B)c(B)c3oc4c(B)c(B)c(B)c(-c5cc(-c6ccc(-c7ccccc7)cc6)cc(-c6cccc(-c7ccccc7)c6)c5)c4c3c2B)c(B)c1B. The lowest BCUT2D eigenvalue weighted by Gasteiger charge is -2.25. The summed E-state index contributed by atoms with van der Waals surface area (Å²) in [6, 6.07) is 46.6. The van der Waals surface area contributed by atoms with Gasteiger partial charge in [0.1, 0.15) is 97.5 Å². The first-order valence-corrected chi connectivity index (χ1v) is 21.4. The smallest absolute Gasteiger partial charge is 0.143 e. The summed E-state index contributed by atoms with van der Waals surface area (Å²) >= 11 is 0. The van der Waals surface area contributed by atoms with Crippen LogP contribution in [0.4, 0.5) is 0 Å². The fourth-order valence-electron chi connectivity index (χ4n) is 9.86. The maximum absolute atomic E-state index is 7.14. The highest BCUT2D eigenvalue weighted by Gasteiger charge is 2.26. The highest BCUT2D eigenvalue weighted by molar-refractivity contribution is 6.71. The van der Waals surface area contributed by atoms with Gasteiger partial charge in [-0.3, -0.25) is 0 Å². The molecule has 0 aliphatic carbocycles. The lowest BCUT2D eigenvalue weighted by atomic mass is 9.57. The Balaban J connectivity index is 1.36. The monoisotopic (exact) mass is 756 g/mol. The maximum atomic E-state index is 7.14. The standard InChI is InChI=1S/C48H43B11O/c49-36-33(34-38(51)41(54)44(57)42(55)39(34)52)40(53)45(58)48-35(36)32-31(37(50)43(56)46(59)47(32)60-48)30-20-28(25-16-14-24(15-17-25)22-8-3-1-4-9-22)19-29(21-30)27-13-7-12-26(18-27)23-10-5-2-6-11-23/h1-21H,49-59H2. The first-order valence-electron chi connectivity index (χ1n) is 21.4. The first kappa shape index (κ1) is 39.7. The third-order valence-electron chi connectivity index (χ3n) is 14.1. The Bertz CT molecular complexity index is 3170. The minimum atomic E-state index is 0.987. The quantitative estimate of drug-likeness (QED) is 0.155. The van der Waals surface area contributed by atoms with Crippen LogP contribution >= 0.6 is 0 Å². The van der Waals surface area contributed by atoms with Gasteiger partial charge in [0.05, 0.1) is 0 Å². The van der Waals surface area contributed by atoms with Crippen molar-refractivity contribution < 1.29 is 4.42 Å². The van der Waals surface area contributed by atoms with Crippen molar-refractivity contribution in [2.24, 2.45) is 0 Å². The molecule has 0 bridgehead atoms. The van der Waals surface area contributed by atoms with Gasteiger partial charge in [-0.25, -0.2) is 0 Å². The average Bonchev–Trinajstić information content (AvgIpc) is 3.69. The fraction of sp³-hybridized carbons (Fsp3) is 0. The van der Waals surface area contributed by atoms with Crippen molar-refractivity contribution in [2.45, 2.75) is 0 Å². The number of rotatable bonds is 6. The highest BCUT2D eigenvalue weighted by Crippen LogP contribution is 2.39. The second-order valence-corrected chi connectivity index (χ2v) is 17.2. The van der Waals surface area contributed by atoms with Gasteiger partial charge < -0.3 is 4.42 Å². The molecule has 9 rings (SSSR count). The summed E-state index contributed by atoms with van der Waals surface area (Å²) in [5, 5.41) is 2.44. The number of hydrogen-bond donors (Lipinski definition) is 0. The Morgan fingerprint density at radius 1 is 0.233 bits per heavy atom. The van der Waals surface area contributed by atoms with Gasteiger partial charge >= 0.3 is 0 Å². The van der Waals surface area contributed by atoms with Gasteiger partial charge in [-0.2, -0.15) is 0 Å². The molecule has 1 heterocycles. The van der Waals surface area contributed by atoms with E-state index in [0.29, 0.717) is 0 Å². The van der Waals surface area contributed by atoms with Crippen molar-refractivity contribution in [3.05, 3.63) is 127 Å². The molecule has 0 N–H and O–H groups in total. The molecule has 0 unspecified atom stereocenters. The van der Waals surface area contributed by atoms with E-state index in [1.54, 1.807) is 0 Å². The Hall–Kier alpha value is -5.73. The number of benzene rings is 8. The summed E-state index contributed by atoms with van der Waals surface area (Å²) < 4.78 is 7.14. The summed E-state index contributed by atoms with van der Waals surface area (Å²) in [4.78, 5) is 0. The second-order valence-electron chi connectivity index (χ2n) is 17.2. The molecule has 0 saturated carbocycles. The van der Waals surface area contributed by atoms with E-state index in [2.05, 4.69) is 214 Å². The highest BCUT2D eigenvalue weighted by atomic mass is 16.3. The van der Waals surface area contributed by atoms with Crippen LogP contribution in [-0.4, -0.2) is 86.3 Å². The zero-order valence-electron chi connectivity index (χ0n) is 37.0. The van der Waals surface area contributed by atoms with Crippen molar-refractivity contribution in [3.8, 4) is 66.8 Å². The van der Waals surface area contributed by atoms with Crippen LogP contribution < -0.4 is 60.1 Å². The number of furan rings is 1. The molecule has 12 heteroatoms. The maximum Gasteiger partial charge on any atom is 0.143 e. The van der Waals surface area contributed by atoms with Crippen molar-refractivity contribution in [3.63, 3.8) is 0 Å². The van der Waals surface area contributed by atoms with E-state index in [1.165, 1.54) is 138 Å².